The van der Waals surface area contributed by atoms with Crippen molar-refractivity contribution in [2.45, 2.75) is 45.2 Å². The number of alkyl halides is 1. The van der Waals surface area contributed by atoms with Gasteiger partial charge in [-0.05, 0) is 61.9 Å². The lowest BCUT2D eigenvalue weighted by Crippen LogP contribution is -2.51. The van der Waals surface area contributed by atoms with Crippen molar-refractivity contribution in [2.24, 2.45) is 11.3 Å². The molecule has 3 saturated heterocycles. The number of fused-ring (bicyclic) bond motifs is 4. The Morgan fingerprint density at radius 2 is 1.93 bits per heavy atom. The number of pyridine rings is 1. The fourth-order valence-corrected chi connectivity index (χ4v) is 7.57. The molecule has 0 amide bonds. The van der Waals surface area contributed by atoms with Crippen LogP contribution in [-0.4, -0.2) is 83.0 Å². The van der Waals surface area contributed by atoms with Crippen LogP contribution in [0.2, 0.25) is 0 Å². The van der Waals surface area contributed by atoms with Crippen LogP contribution >= 0.6 is 0 Å². The molecule has 7 rings (SSSR count). The van der Waals surface area contributed by atoms with E-state index in [-0.39, 0.29) is 64.1 Å². The number of piperazine rings is 1. The van der Waals surface area contributed by atoms with Crippen molar-refractivity contribution in [3.05, 3.63) is 47.7 Å². The van der Waals surface area contributed by atoms with E-state index in [9.17, 15) is 13.9 Å². The summed E-state index contributed by atoms with van der Waals surface area (Å²) < 4.78 is 52.1. The minimum atomic E-state index is -0.772. The Kier molecular flexibility index (Phi) is 7.89. The largest absolute Gasteiger partial charge is 0.508 e. The average molecular weight is 631 g/mol. The second kappa shape index (κ2) is 11.9. The summed E-state index contributed by atoms with van der Waals surface area (Å²) >= 11 is 0. The molecule has 240 valence electrons. The molecule has 4 aromatic rings. The highest BCUT2D eigenvalue weighted by atomic mass is 19.1. The van der Waals surface area contributed by atoms with Crippen LogP contribution in [0, 0.1) is 35.3 Å². The fraction of sp³-hybridized carbons (Fsp3) is 0.457. The number of likely N-dealkylation sites (tertiary alicyclic amines) is 1. The highest BCUT2D eigenvalue weighted by molar-refractivity contribution is 6.03. The van der Waals surface area contributed by atoms with E-state index in [0.717, 1.165) is 32.4 Å². The van der Waals surface area contributed by atoms with E-state index in [2.05, 4.69) is 37.9 Å². The summed E-state index contributed by atoms with van der Waals surface area (Å²) in [6, 6.07) is 6.03. The first-order valence-corrected chi connectivity index (χ1v) is 15.9. The molecule has 5 heterocycles. The van der Waals surface area contributed by atoms with Crippen LogP contribution in [0.25, 0.3) is 32.9 Å². The molecule has 0 aliphatic carbocycles. The Morgan fingerprint density at radius 1 is 1.15 bits per heavy atom. The van der Waals surface area contributed by atoms with Crippen LogP contribution in [0.4, 0.5) is 19.0 Å². The zero-order valence-corrected chi connectivity index (χ0v) is 26.0. The van der Waals surface area contributed by atoms with Crippen LogP contribution in [0.15, 0.2) is 30.5 Å². The van der Waals surface area contributed by atoms with Crippen LogP contribution in [0.1, 0.15) is 38.7 Å². The third kappa shape index (κ3) is 5.27. The Hall–Kier alpha value is -4.14. The lowest BCUT2D eigenvalue weighted by Gasteiger charge is -2.44. The molecule has 0 radical (unpaired) electrons. The summed E-state index contributed by atoms with van der Waals surface area (Å²) in [5.41, 5.74) is -0.557. The maximum absolute atomic E-state index is 16.8. The third-order valence-electron chi connectivity index (χ3n) is 10.1. The van der Waals surface area contributed by atoms with Crippen molar-refractivity contribution in [3.8, 4) is 35.4 Å². The van der Waals surface area contributed by atoms with E-state index >= 15 is 4.39 Å². The fourth-order valence-electron chi connectivity index (χ4n) is 7.57. The Labute approximate surface area is 266 Å². The van der Waals surface area contributed by atoms with Crippen molar-refractivity contribution in [1.29, 1.82) is 0 Å². The van der Waals surface area contributed by atoms with Gasteiger partial charge in [-0.15, -0.1) is 6.42 Å². The van der Waals surface area contributed by atoms with Crippen molar-refractivity contribution in [2.75, 3.05) is 50.9 Å². The van der Waals surface area contributed by atoms with E-state index < -0.39 is 23.7 Å². The molecule has 2 bridgehead atoms. The van der Waals surface area contributed by atoms with Crippen LogP contribution < -0.4 is 15.0 Å². The summed E-state index contributed by atoms with van der Waals surface area (Å²) in [6.45, 7) is 7.53. The predicted octanol–water partition coefficient (Wildman–Crippen LogP) is 5.45. The smallest absolute Gasteiger partial charge is 0.319 e. The number of rotatable bonds is 7. The van der Waals surface area contributed by atoms with Crippen molar-refractivity contribution >= 4 is 27.5 Å². The zero-order chi connectivity index (χ0) is 32.2. The summed E-state index contributed by atoms with van der Waals surface area (Å²) in [4.78, 5) is 18.3. The summed E-state index contributed by atoms with van der Waals surface area (Å²) in [5.74, 6) is 1.14. The van der Waals surface area contributed by atoms with Gasteiger partial charge in [-0.3, -0.25) is 9.37 Å². The van der Waals surface area contributed by atoms with Crippen LogP contribution in [0.5, 0.6) is 11.8 Å². The van der Waals surface area contributed by atoms with E-state index in [0.29, 0.717) is 36.2 Å². The summed E-state index contributed by atoms with van der Waals surface area (Å²) in [5, 5.41) is 15.3. The first-order chi connectivity index (χ1) is 22.2. The molecule has 0 spiro atoms. The average Bonchev–Trinajstić information content (AvgIpc) is 3.40. The first-order valence-electron chi connectivity index (χ1n) is 15.9. The Balaban J connectivity index is 1.36. The highest BCUT2D eigenvalue weighted by Gasteiger charge is 2.41. The topological polar surface area (TPSA) is 86.6 Å². The molecule has 11 heteroatoms. The summed E-state index contributed by atoms with van der Waals surface area (Å²) in [6.07, 6.45) is 10.0. The number of piperidine rings is 1. The molecule has 2 N–H and O–H groups in total. The lowest BCUT2D eigenvalue weighted by atomic mass is 9.73. The van der Waals surface area contributed by atoms with Crippen molar-refractivity contribution in [1.82, 2.24) is 25.2 Å². The molecule has 0 unspecified atom stereocenters. The first kappa shape index (κ1) is 30.5. The van der Waals surface area contributed by atoms with Gasteiger partial charge in [0.1, 0.15) is 28.6 Å². The number of phenols is 1. The van der Waals surface area contributed by atoms with Gasteiger partial charge in [-0.25, -0.2) is 8.78 Å². The summed E-state index contributed by atoms with van der Waals surface area (Å²) in [7, 11) is 0. The standard InChI is InChI=1S/C35H37F3N6O2/c1-4-25-28(37)9-6-20-12-24(45)13-26(29(20)25)31-30(38)32-27(15-39-31)33(44-16-22-7-8-23(17-44)40-22)42-34(41-32)46-19-35(3)18-43(5-2)11-10-21(35)14-36/h1,6,9,12-13,15,21-23,40,45H,5,7-8,10-11,14,16-19H2,2-3H3/t21-,22-,23+,35-/m1/s1. The molecular weight excluding hydrogens is 593 g/mol. The molecule has 46 heavy (non-hydrogen) atoms. The van der Waals surface area contributed by atoms with Crippen LogP contribution in [0.3, 0.4) is 0 Å². The van der Waals surface area contributed by atoms with Gasteiger partial charge in [0.25, 0.3) is 0 Å². The van der Waals surface area contributed by atoms with E-state index in [4.69, 9.17) is 16.1 Å². The number of aromatic hydroxyl groups is 1. The molecule has 2 aromatic heterocycles. The number of nitrogens with one attached hydrogen (secondary N) is 1. The van der Waals surface area contributed by atoms with Gasteiger partial charge in [0.15, 0.2) is 5.82 Å². The molecule has 3 fully saturated rings. The van der Waals surface area contributed by atoms with E-state index in [1.165, 1.54) is 30.5 Å². The monoisotopic (exact) mass is 630 g/mol. The highest BCUT2D eigenvalue weighted by Crippen LogP contribution is 2.40. The van der Waals surface area contributed by atoms with Gasteiger partial charge < -0.3 is 25.0 Å². The molecule has 4 atom stereocenters. The van der Waals surface area contributed by atoms with Crippen LogP contribution in [-0.2, 0) is 0 Å². The third-order valence-corrected chi connectivity index (χ3v) is 10.1. The van der Waals surface area contributed by atoms with Crippen molar-refractivity contribution in [3.63, 3.8) is 0 Å². The number of phenolic OH excluding ortho intramolecular Hbond substituents is 1. The van der Waals surface area contributed by atoms with Gasteiger partial charge in [0, 0.05) is 54.3 Å². The van der Waals surface area contributed by atoms with Gasteiger partial charge in [-0.2, -0.15) is 9.97 Å². The number of halogens is 3. The number of anilines is 1. The minimum Gasteiger partial charge on any atom is -0.508 e. The van der Waals surface area contributed by atoms with Gasteiger partial charge in [0.05, 0.1) is 24.2 Å². The SMILES string of the molecule is C#Cc1c(F)ccc2cc(O)cc(-c3ncc4c(N5C[C@H]6CC[C@@H](C5)N6)nc(OC[C@@]5(C)CN(CC)CC[C@@H]5CF)nc4c3F)c12. The molecule has 8 nitrogen and oxygen atoms in total. The number of hydrogen-bond acceptors (Lipinski definition) is 8. The number of nitrogens with zero attached hydrogens (tertiary/aromatic N) is 5. The number of ether oxygens (including phenoxy) is 1. The number of terminal acetylenes is 1. The van der Waals surface area contributed by atoms with Gasteiger partial charge in [-0.1, -0.05) is 25.8 Å². The minimum absolute atomic E-state index is 0.00647. The molecule has 3 aliphatic rings. The Bertz CT molecular complexity index is 1850. The predicted molar refractivity (Wildman–Crippen MR) is 172 cm³/mol. The molecule has 3 aliphatic heterocycles. The van der Waals surface area contributed by atoms with Gasteiger partial charge >= 0.3 is 6.01 Å². The lowest BCUT2D eigenvalue weighted by molar-refractivity contribution is -0.00718. The van der Waals surface area contributed by atoms with Gasteiger partial charge in [0.2, 0.25) is 0 Å². The number of aromatic nitrogens is 3. The Morgan fingerprint density at radius 3 is 2.65 bits per heavy atom. The maximum atomic E-state index is 16.8. The second-order valence-corrected chi connectivity index (χ2v) is 13.2. The van der Waals surface area contributed by atoms with E-state index in [1.54, 1.807) is 0 Å². The molecule has 0 saturated carbocycles. The molecular formula is C35H37F3N6O2. The normalized spacial score (nSPS) is 24.9. The zero-order valence-electron chi connectivity index (χ0n) is 26.0. The maximum Gasteiger partial charge on any atom is 0.319 e. The number of benzene rings is 2. The second-order valence-electron chi connectivity index (χ2n) is 13.2. The quantitative estimate of drug-likeness (QED) is 0.261. The van der Waals surface area contributed by atoms with E-state index in [1.807, 2.05) is 6.92 Å². The molecule has 2 aromatic carbocycles. The number of hydrogen-bond donors (Lipinski definition) is 2. The van der Waals surface area contributed by atoms with Crippen molar-refractivity contribution < 1.29 is 23.0 Å².